The maximum atomic E-state index is 11.8. The Morgan fingerprint density at radius 3 is 2.67 bits per heavy atom. The first-order valence-electron chi connectivity index (χ1n) is 5.19. The summed E-state index contributed by atoms with van der Waals surface area (Å²) in [5.41, 5.74) is 1.61. The summed E-state index contributed by atoms with van der Waals surface area (Å²) < 4.78 is 0. The van der Waals surface area contributed by atoms with Crippen molar-refractivity contribution in [2.45, 2.75) is 13.8 Å². The van der Waals surface area contributed by atoms with Crippen molar-refractivity contribution in [2.24, 2.45) is 0 Å². The molecule has 2 rings (SSSR count). The van der Waals surface area contributed by atoms with Crippen molar-refractivity contribution in [3.63, 3.8) is 0 Å². The van der Waals surface area contributed by atoms with Crippen LogP contribution in [0, 0.1) is 13.8 Å². The molecule has 0 atom stereocenters. The number of nitrogens with one attached hydrogen (secondary N) is 1. The van der Waals surface area contributed by atoms with Crippen molar-refractivity contribution >= 4 is 11.9 Å². The van der Waals surface area contributed by atoms with Gasteiger partial charge >= 0.3 is 0 Å². The molecule has 2 aromatic heterocycles. The number of carbonyl (C=O) groups is 1. The third-order valence-electron chi connectivity index (χ3n) is 2.30. The molecule has 0 fully saturated rings. The predicted octanol–water partition coefficient (Wildman–Crippen LogP) is 0.841. The van der Waals surface area contributed by atoms with E-state index in [2.05, 4.69) is 25.5 Å². The average molecular weight is 245 g/mol. The Hall–Kier alpha value is -2.57. The second kappa shape index (κ2) is 4.74. The van der Waals surface area contributed by atoms with E-state index in [1.165, 1.54) is 18.5 Å². The van der Waals surface area contributed by atoms with Crippen LogP contribution >= 0.6 is 0 Å². The minimum absolute atomic E-state index is 0.0817. The highest BCUT2D eigenvalue weighted by Gasteiger charge is 2.10. The number of aromatic nitrogens is 4. The molecule has 0 aromatic carbocycles. The van der Waals surface area contributed by atoms with Gasteiger partial charge in [-0.05, 0) is 19.9 Å². The number of rotatable bonds is 2. The molecule has 2 aromatic rings. The summed E-state index contributed by atoms with van der Waals surface area (Å²) in [5, 5.41) is 19.3. The summed E-state index contributed by atoms with van der Waals surface area (Å²) in [4.78, 5) is 19.6. The normalized spacial score (nSPS) is 10.1. The van der Waals surface area contributed by atoms with Crippen LogP contribution in [-0.4, -0.2) is 31.2 Å². The van der Waals surface area contributed by atoms with Crippen LogP contribution in [0.1, 0.15) is 21.7 Å². The maximum Gasteiger partial charge on any atom is 0.259 e. The Labute approximate surface area is 103 Å². The van der Waals surface area contributed by atoms with Crippen molar-refractivity contribution in [2.75, 3.05) is 5.32 Å². The Morgan fingerprint density at radius 2 is 2.00 bits per heavy atom. The van der Waals surface area contributed by atoms with Crippen LogP contribution in [0.2, 0.25) is 0 Å². The van der Waals surface area contributed by atoms with Gasteiger partial charge in [0.15, 0.2) is 0 Å². The first kappa shape index (κ1) is 11.9. The number of aromatic hydroxyl groups is 1. The molecular weight excluding hydrogens is 234 g/mol. The van der Waals surface area contributed by atoms with Crippen LogP contribution in [0.5, 0.6) is 5.75 Å². The van der Waals surface area contributed by atoms with Gasteiger partial charge in [0.1, 0.15) is 5.75 Å². The molecule has 0 saturated carbocycles. The SMILES string of the molecule is Cc1nnc(NC(=O)c2cncc(O)c2)nc1C. The summed E-state index contributed by atoms with van der Waals surface area (Å²) in [7, 11) is 0. The fourth-order valence-corrected chi connectivity index (χ4v) is 1.24. The molecule has 92 valence electrons. The van der Waals surface area contributed by atoms with Gasteiger partial charge in [-0.3, -0.25) is 15.1 Å². The Bertz CT molecular complexity index is 600. The molecule has 0 spiro atoms. The van der Waals surface area contributed by atoms with Crippen molar-refractivity contribution in [1.82, 2.24) is 20.2 Å². The highest BCUT2D eigenvalue weighted by atomic mass is 16.3. The van der Waals surface area contributed by atoms with E-state index < -0.39 is 5.91 Å². The summed E-state index contributed by atoms with van der Waals surface area (Å²) >= 11 is 0. The number of hydrogen-bond acceptors (Lipinski definition) is 6. The highest BCUT2D eigenvalue weighted by Crippen LogP contribution is 2.10. The molecule has 1 amide bonds. The minimum atomic E-state index is -0.455. The molecular formula is C11H11N5O2. The number of aryl methyl sites for hydroxylation is 2. The number of amides is 1. The second-order valence-corrected chi connectivity index (χ2v) is 3.69. The number of carbonyl (C=O) groups excluding carboxylic acids is 1. The number of pyridine rings is 1. The molecule has 2 N–H and O–H groups in total. The van der Waals surface area contributed by atoms with Gasteiger partial charge in [-0.15, -0.1) is 5.10 Å². The van der Waals surface area contributed by atoms with E-state index in [0.29, 0.717) is 11.4 Å². The second-order valence-electron chi connectivity index (χ2n) is 3.69. The summed E-state index contributed by atoms with van der Waals surface area (Å²) in [6.07, 6.45) is 2.58. The molecule has 7 heteroatoms. The predicted molar refractivity (Wildman–Crippen MR) is 63.2 cm³/mol. The molecule has 7 nitrogen and oxygen atoms in total. The van der Waals surface area contributed by atoms with Crippen LogP contribution in [0.25, 0.3) is 0 Å². The zero-order valence-corrected chi connectivity index (χ0v) is 9.88. The van der Waals surface area contributed by atoms with Crippen molar-refractivity contribution in [3.05, 3.63) is 35.4 Å². The number of hydrogen-bond donors (Lipinski definition) is 2. The van der Waals surface area contributed by atoms with Gasteiger partial charge in [0, 0.05) is 6.20 Å². The highest BCUT2D eigenvalue weighted by molar-refractivity contribution is 6.03. The van der Waals surface area contributed by atoms with E-state index in [4.69, 9.17) is 0 Å². The summed E-state index contributed by atoms with van der Waals surface area (Å²) in [5.74, 6) is -0.420. The quantitative estimate of drug-likeness (QED) is 0.813. The van der Waals surface area contributed by atoms with Gasteiger partial charge in [-0.25, -0.2) is 4.98 Å². The summed E-state index contributed by atoms with van der Waals surface area (Å²) in [6.45, 7) is 3.55. The molecule has 2 heterocycles. The van der Waals surface area contributed by atoms with Crippen molar-refractivity contribution in [1.29, 1.82) is 0 Å². The van der Waals surface area contributed by atoms with E-state index in [-0.39, 0.29) is 17.3 Å². The van der Waals surface area contributed by atoms with Crippen molar-refractivity contribution < 1.29 is 9.90 Å². The molecule has 0 bridgehead atoms. The lowest BCUT2D eigenvalue weighted by Gasteiger charge is -2.04. The van der Waals surface area contributed by atoms with E-state index >= 15 is 0 Å². The monoisotopic (exact) mass is 245 g/mol. The number of nitrogens with zero attached hydrogens (tertiary/aromatic N) is 4. The molecule has 0 aliphatic rings. The van der Waals surface area contributed by atoms with Gasteiger partial charge in [0.2, 0.25) is 5.95 Å². The van der Waals surface area contributed by atoms with E-state index in [9.17, 15) is 9.90 Å². The molecule has 0 saturated heterocycles. The van der Waals surface area contributed by atoms with E-state index in [1.807, 2.05) is 0 Å². The number of anilines is 1. The molecule has 0 radical (unpaired) electrons. The van der Waals surface area contributed by atoms with Gasteiger partial charge in [-0.2, -0.15) is 5.10 Å². The third kappa shape index (κ3) is 2.57. The van der Waals surface area contributed by atoms with E-state index in [1.54, 1.807) is 13.8 Å². The molecule has 0 unspecified atom stereocenters. The first-order chi connectivity index (χ1) is 8.56. The fourth-order valence-electron chi connectivity index (χ4n) is 1.24. The van der Waals surface area contributed by atoms with Crippen LogP contribution in [-0.2, 0) is 0 Å². The Kier molecular flexibility index (Phi) is 3.13. The van der Waals surface area contributed by atoms with Crippen LogP contribution in [0.4, 0.5) is 5.95 Å². The summed E-state index contributed by atoms with van der Waals surface area (Å²) in [6, 6.07) is 1.30. The van der Waals surface area contributed by atoms with Gasteiger partial charge in [0.05, 0.1) is 23.1 Å². The maximum absolute atomic E-state index is 11.8. The standard InChI is InChI=1S/C11H11N5O2/c1-6-7(2)15-16-11(13-6)14-10(18)8-3-9(17)5-12-4-8/h3-5,17H,1-2H3,(H,13,14,16,18). The zero-order chi connectivity index (χ0) is 13.1. The molecule has 0 aliphatic carbocycles. The van der Waals surface area contributed by atoms with Crippen LogP contribution < -0.4 is 5.32 Å². The average Bonchev–Trinajstić information content (AvgIpc) is 2.34. The lowest BCUT2D eigenvalue weighted by molar-refractivity contribution is 0.102. The molecule has 18 heavy (non-hydrogen) atoms. The van der Waals surface area contributed by atoms with Crippen molar-refractivity contribution in [3.8, 4) is 5.75 Å². The van der Waals surface area contributed by atoms with Gasteiger partial charge < -0.3 is 5.11 Å². The van der Waals surface area contributed by atoms with Crippen LogP contribution in [0.15, 0.2) is 18.5 Å². The third-order valence-corrected chi connectivity index (χ3v) is 2.30. The largest absolute Gasteiger partial charge is 0.506 e. The lowest BCUT2D eigenvalue weighted by Crippen LogP contribution is -2.15. The minimum Gasteiger partial charge on any atom is -0.506 e. The van der Waals surface area contributed by atoms with E-state index in [0.717, 1.165) is 0 Å². The fraction of sp³-hybridized carbons (Fsp3) is 0.182. The topological polar surface area (TPSA) is 101 Å². The smallest absolute Gasteiger partial charge is 0.259 e. The lowest BCUT2D eigenvalue weighted by atomic mass is 10.2. The van der Waals surface area contributed by atoms with Gasteiger partial charge in [-0.1, -0.05) is 0 Å². The molecule has 0 aliphatic heterocycles. The Balaban J connectivity index is 2.18. The van der Waals surface area contributed by atoms with Crippen LogP contribution in [0.3, 0.4) is 0 Å². The Morgan fingerprint density at radius 1 is 1.22 bits per heavy atom. The zero-order valence-electron chi connectivity index (χ0n) is 9.88. The first-order valence-corrected chi connectivity index (χ1v) is 5.19. The van der Waals surface area contributed by atoms with Gasteiger partial charge in [0.25, 0.3) is 5.91 Å².